The van der Waals surface area contributed by atoms with Crippen LogP contribution in [0.3, 0.4) is 0 Å². The van der Waals surface area contributed by atoms with Gasteiger partial charge >= 0.3 is 0 Å². The molecule has 2 aromatic carbocycles. The Balaban J connectivity index is 2.23. The van der Waals surface area contributed by atoms with Crippen LogP contribution in [-0.4, -0.2) is 0 Å². The molecule has 0 heterocycles. The quantitative estimate of drug-likeness (QED) is 0.578. The first-order valence-corrected chi connectivity index (χ1v) is 8.02. The molecule has 0 radical (unpaired) electrons. The first-order valence-electron chi connectivity index (χ1n) is 5.64. The second-order valence-electron chi connectivity index (χ2n) is 4.16. The second-order valence-corrected chi connectivity index (χ2v) is 6.78. The number of rotatable bonds is 3. The van der Waals surface area contributed by atoms with Crippen LogP contribution in [-0.2, 0) is 0 Å². The predicted molar refractivity (Wildman–Crippen MR) is 88.0 cm³/mol. The van der Waals surface area contributed by atoms with Crippen molar-refractivity contribution < 1.29 is 4.39 Å². The van der Waals surface area contributed by atoms with Crippen LogP contribution < -0.4 is 5.32 Å². The average Bonchev–Trinajstić information content (AvgIpc) is 2.32. The smallest absolute Gasteiger partial charge is 0.124 e. The van der Waals surface area contributed by atoms with Crippen molar-refractivity contribution in [2.75, 3.05) is 5.32 Å². The molecule has 2 rings (SSSR count). The molecule has 2 aromatic rings. The molecule has 0 aromatic heterocycles. The van der Waals surface area contributed by atoms with Crippen molar-refractivity contribution in [3.63, 3.8) is 0 Å². The molecule has 1 nitrogen and oxygen atoms in total. The monoisotopic (exact) mass is 449 g/mol. The molecule has 0 saturated carbocycles. The van der Waals surface area contributed by atoms with Crippen LogP contribution >= 0.6 is 47.8 Å². The van der Waals surface area contributed by atoms with E-state index in [1.165, 1.54) is 12.1 Å². The Morgan fingerprint density at radius 3 is 2.37 bits per heavy atom. The standard InChI is InChI=1S/C14H11Br3FN/c1-8(11-4-3-10(18)7-12(11)16)19-14-5-2-9(15)6-13(14)17/h2-8,19H,1H3. The van der Waals surface area contributed by atoms with E-state index in [4.69, 9.17) is 0 Å². The SMILES string of the molecule is CC(Nc1ccc(Br)cc1Br)c1ccc(F)cc1Br. The van der Waals surface area contributed by atoms with Crippen LogP contribution in [0.25, 0.3) is 0 Å². The van der Waals surface area contributed by atoms with E-state index in [9.17, 15) is 4.39 Å². The number of hydrogen-bond donors (Lipinski definition) is 1. The maximum absolute atomic E-state index is 13.1. The number of nitrogens with one attached hydrogen (secondary N) is 1. The molecule has 0 aliphatic heterocycles. The molecule has 1 unspecified atom stereocenters. The molecular weight excluding hydrogens is 441 g/mol. The fourth-order valence-electron chi connectivity index (χ4n) is 1.77. The lowest BCUT2D eigenvalue weighted by molar-refractivity contribution is 0.625. The van der Waals surface area contributed by atoms with E-state index in [2.05, 4.69) is 53.1 Å². The zero-order valence-corrected chi connectivity index (χ0v) is 14.8. The fraction of sp³-hybridized carbons (Fsp3) is 0.143. The highest BCUT2D eigenvalue weighted by Gasteiger charge is 2.11. The highest BCUT2D eigenvalue weighted by atomic mass is 79.9. The maximum Gasteiger partial charge on any atom is 0.124 e. The molecule has 100 valence electrons. The molecule has 0 aliphatic carbocycles. The number of halogens is 4. The predicted octanol–water partition coefficient (Wildman–Crippen LogP) is 6.29. The van der Waals surface area contributed by atoms with Crippen LogP contribution in [0.2, 0.25) is 0 Å². The third kappa shape index (κ3) is 3.80. The average molecular weight is 452 g/mol. The maximum atomic E-state index is 13.1. The number of hydrogen-bond acceptors (Lipinski definition) is 1. The van der Waals surface area contributed by atoms with Gasteiger partial charge in [-0.3, -0.25) is 0 Å². The van der Waals surface area contributed by atoms with Gasteiger partial charge in [0, 0.05) is 25.1 Å². The lowest BCUT2D eigenvalue weighted by Gasteiger charge is -2.18. The first kappa shape index (κ1) is 15.0. The van der Waals surface area contributed by atoms with E-state index in [0.717, 1.165) is 24.7 Å². The van der Waals surface area contributed by atoms with Crippen molar-refractivity contribution in [2.45, 2.75) is 13.0 Å². The minimum absolute atomic E-state index is 0.0625. The molecule has 0 saturated heterocycles. The van der Waals surface area contributed by atoms with E-state index in [-0.39, 0.29) is 11.9 Å². The van der Waals surface area contributed by atoms with Gasteiger partial charge in [0.05, 0.1) is 0 Å². The highest BCUT2D eigenvalue weighted by molar-refractivity contribution is 9.11. The van der Waals surface area contributed by atoms with Crippen molar-refractivity contribution in [2.24, 2.45) is 0 Å². The normalized spacial score (nSPS) is 12.3. The van der Waals surface area contributed by atoms with Gasteiger partial charge in [0.1, 0.15) is 5.82 Å². The Labute approximate surface area is 137 Å². The van der Waals surface area contributed by atoms with Gasteiger partial charge in [-0.1, -0.05) is 37.9 Å². The van der Waals surface area contributed by atoms with Gasteiger partial charge in [-0.05, 0) is 58.7 Å². The van der Waals surface area contributed by atoms with E-state index in [1.807, 2.05) is 25.1 Å². The third-order valence-electron chi connectivity index (χ3n) is 2.73. The molecule has 1 N–H and O–H groups in total. The summed E-state index contributed by atoms with van der Waals surface area (Å²) in [6.07, 6.45) is 0. The van der Waals surface area contributed by atoms with Crippen molar-refractivity contribution in [1.29, 1.82) is 0 Å². The fourth-order valence-corrected chi connectivity index (χ4v) is 3.63. The van der Waals surface area contributed by atoms with Gasteiger partial charge in [-0.25, -0.2) is 4.39 Å². The number of benzene rings is 2. The van der Waals surface area contributed by atoms with Gasteiger partial charge in [0.25, 0.3) is 0 Å². The third-order valence-corrected chi connectivity index (χ3v) is 4.57. The molecule has 19 heavy (non-hydrogen) atoms. The summed E-state index contributed by atoms with van der Waals surface area (Å²) in [4.78, 5) is 0. The van der Waals surface area contributed by atoms with Gasteiger partial charge in [0.2, 0.25) is 0 Å². The van der Waals surface area contributed by atoms with E-state index >= 15 is 0 Å². The molecule has 0 fully saturated rings. The van der Waals surface area contributed by atoms with Crippen molar-refractivity contribution in [3.05, 3.63) is 61.2 Å². The molecule has 5 heteroatoms. The molecule has 0 bridgehead atoms. The number of anilines is 1. The minimum atomic E-state index is -0.243. The van der Waals surface area contributed by atoms with E-state index in [0.29, 0.717) is 0 Å². The zero-order valence-electron chi connectivity index (χ0n) is 10.1. The van der Waals surface area contributed by atoms with Crippen LogP contribution in [0.4, 0.5) is 10.1 Å². The van der Waals surface area contributed by atoms with Gasteiger partial charge in [-0.2, -0.15) is 0 Å². The summed E-state index contributed by atoms with van der Waals surface area (Å²) in [5.41, 5.74) is 2.00. The summed E-state index contributed by atoms with van der Waals surface area (Å²) in [6, 6.07) is 10.7. The molecule has 0 aliphatic rings. The largest absolute Gasteiger partial charge is 0.378 e. The molecule has 0 amide bonds. The molecule has 1 atom stereocenters. The van der Waals surface area contributed by atoms with Crippen LogP contribution in [0.15, 0.2) is 49.8 Å². The van der Waals surface area contributed by atoms with Gasteiger partial charge in [0.15, 0.2) is 0 Å². The van der Waals surface area contributed by atoms with E-state index in [1.54, 1.807) is 6.07 Å². The Kier molecular flexibility index (Phi) is 5.03. The van der Waals surface area contributed by atoms with Crippen LogP contribution in [0.1, 0.15) is 18.5 Å². The summed E-state index contributed by atoms with van der Waals surface area (Å²) in [6.45, 7) is 2.03. The van der Waals surface area contributed by atoms with Crippen molar-refractivity contribution in [3.8, 4) is 0 Å². The van der Waals surface area contributed by atoms with E-state index < -0.39 is 0 Å². The molecular formula is C14H11Br3FN. The van der Waals surface area contributed by atoms with Crippen LogP contribution in [0.5, 0.6) is 0 Å². The van der Waals surface area contributed by atoms with Crippen LogP contribution in [0, 0.1) is 5.82 Å². The summed E-state index contributed by atoms with van der Waals surface area (Å²) >= 11 is 10.3. The Morgan fingerprint density at radius 1 is 1.00 bits per heavy atom. The Morgan fingerprint density at radius 2 is 1.74 bits per heavy atom. The summed E-state index contributed by atoms with van der Waals surface area (Å²) < 4.78 is 15.8. The topological polar surface area (TPSA) is 12.0 Å². The minimum Gasteiger partial charge on any atom is -0.378 e. The van der Waals surface area contributed by atoms with Crippen molar-refractivity contribution in [1.82, 2.24) is 0 Å². The lowest BCUT2D eigenvalue weighted by atomic mass is 10.1. The van der Waals surface area contributed by atoms with Crippen molar-refractivity contribution >= 4 is 53.5 Å². The van der Waals surface area contributed by atoms with Gasteiger partial charge in [-0.15, -0.1) is 0 Å². The highest BCUT2D eigenvalue weighted by Crippen LogP contribution is 2.31. The lowest BCUT2D eigenvalue weighted by Crippen LogP contribution is -2.08. The second kappa shape index (κ2) is 6.37. The Hall–Kier alpha value is -0.390. The summed E-state index contributed by atoms with van der Waals surface area (Å²) in [5, 5.41) is 3.39. The first-order chi connectivity index (χ1) is 8.97. The zero-order chi connectivity index (χ0) is 14.0. The summed E-state index contributed by atoms with van der Waals surface area (Å²) in [5.74, 6) is -0.243. The Bertz CT molecular complexity index is 601. The van der Waals surface area contributed by atoms with Gasteiger partial charge < -0.3 is 5.32 Å². The molecule has 0 spiro atoms. The summed E-state index contributed by atoms with van der Waals surface area (Å²) in [7, 11) is 0.